The molecule has 0 bridgehead atoms. The molecule has 2 heterocycles. The van der Waals surface area contributed by atoms with E-state index in [2.05, 4.69) is 180 Å². The van der Waals surface area contributed by atoms with E-state index in [1.807, 2.05) is 0 Å². The van der Waals surface area contributed by atoms with Crippen molar-refractivity contribution in [1.82, 2.24) is 4.57 Å². The predicted molar refractivity (Wildman–Crippen MR) is 219 cm³/mol. The molecule has 0 fully saturated rings. The highest BCUT2D eigenvalue weighted by molar-refractivity contribution is 6.13. The van der Waals surface area contributed by atoms with Crippen LogP contribution in [0.15, 0.2) is 139 Å². The van der Waals surface area contributed by atoms with Gasteiger partial charge in [0, 0.05) is 32.9 Å². The van der Waals surface area contributed by atoms with Crippen LogP contribution in [0.2, 0.25) is 0 Å². The van der Waals surface area contributed by atoms with Gasteiger partial charge in [-0.2, -0.15) is 0 Å². The third kappa shape index (κ3) is 3.74. The van der Waals surface area contributed by atoms with Gasteiger partial charge in [0.05, 0.1) is 16.7 Å². The van der Waals surface area contributed by atoms with Crippen molar-refractivity contribution in [3.8, 4) is 27.9 Å². The Balaban J connectivity index is 1.13. The molecular formula is C51H43N. The first-order chi connectivity index (χ1) is 25.0. The molecule has 0 radical (unpaired) electrons. The molecule has 0 saturated heterocycles. The monoisotopic (exact) mass is 669 g/mol. The van der Waals surface area contributed by atoms with Gasteiger partial charge >= 0.3 is 0 Å². The number of rotatable bonds is 2. The van der Waals surface area contributed by atoms with Gasteiger partial charge in [0.1, 0.15) is 0 Å². The summed E-state index contributed by atoms with van der Waals surface area (Å²) < 4.78 is 2.55. The zero-order valence-electron chi connectivity index (χ0n) is 30.9. The van der Waals surface area contributed by atoms with Crippen molar-refractivity contribution in [3.63, 3.8) is 0 Å². The lowest BCUT2D eigenvalue weighted by molar-refractivity contribution is 0.613. The van der Waals surface area contributed by atoms with Crippen LogP contribution in [0.25, 0.3) is 55.3 Å². The number of aromatic nitrogens is 1. The van der Waals surface area contributed by atoms with Crippen molar-refractivity contribution in [3.05, 3.63) is 178 Å². The van der Waals surface area contributed by atoms with Gasteiger partial charge < -0.3 is 4.57 Å². The lowest BCUT2D eigenvalue weighted by Crippen LogP contribution is -2.26. The van der Waals surface area contributed by atoms with E-state index in [1.54, 1.807) is 5.57 Å². The molecule has 0 amide bonds. The molecule has 1 heteroatoms. The fourth-order valence-corrected chi connectivity index (χ4v) is 10.8. The standard InChI is InChI=1S/C51H43N/c1-49(2)40-15-9-7-13-34(40)36-22-19-31(27-43(36)49)30-21-24-46-38(25-30)39-26-33(29-45-48(39)52(46)47-18-12-11-17-42(47)51(45,5)6)32-20-23-37-35-14-8-10-16-41(35)50(3,4)44(37)28-32/h7-22,24-29,37H,23H2,1-6H3. The SMILES string of the molecule is CC1(C)C2=CC(c3cc4c5c(c3)c3cc(-c6ccc7c(c6)C(C)(C)c6ccccc6-7)ccc3n5-c3ccccc3C4(C)C)=CCC2c2ccccc21. The molecule has 0 spiro atoms. The molecule has 1 aliphatic heterocycles. The van der Waals surface area contributed by atoms with E-state index in [9.17, 15) is 0 Å². The molecule has 1 aromatic heterocycles. The number of hydrogen-bond donors (Lipinski definition) is 0. The highest BCUT2D eigenvalue weighted by Gasteiger charge is 2.42. The molecule has 52 heavy (non-hydrogen) atoms. The summed E-state index contributed by atoms with van der Waals surface area (Å²) in [4.78, 5) is 0. The molecule has 252 valence electrons. The summed E-state index contributed by atoms with van der Waals surface area (Å²) in [6.45, 7) is 14.4. The summed E-state index contributed by atoms with van der Waals surface area (Å²) in [7, 11) is 0. The normalized spacial score (nSPS) is 19.4. The number of hydrogen-bond acceptors (Lipinski definition) is 0. The highest BCUT2D eigenvalue weighted by atomic mass is 15.0. The Labute approximate surface area is 307 Å². The minimum absolute atomic E-state index is 0.0219. The van der Waals surface area contributed by atoms with Crippen LogP contribution in [0.5, 0.6) is 0 Å². The maximum absolute atomic E-state index is 2.55. The van der Waals surface area contributed by atoms with Crippen LogP contribution in [0.1, 0.15) is 92.8 Å². The number of para-hydroxylation sites is 1. The second kappa shape index (κ2) is 9.92. The van der Waals surface area contributed by atoms with Gasteiger partial charge in [-0.1, -0.05) is 144 Å². The molecule has 3 aliphatic carbocycles. The second-order valence-corrected chi connectivity index (χ2v) is 17.3. The lowest BCUT2D eigenvalue weighted by Gasteiger charge is -2.35. The zero-order chi connectivity index (χ0) is 35.3. The topological polar surface area (TPSA) is 4.93 Å². The average Bonchev–Trinajstić information content (AvgIpc) is 3.70. The molecule has 4 aliphatic rings. The van der Waals surface area contributed by atoms with Gasteiger partial charge in [0.15, 0.2) is 0 Å². The van der Waals surface area contributed by atoms with Crippen LogP contribution in [0.4, 0.5) is 0 Å². The summed E-state index contributed by atoms with van der Waals surface area (Å²) >= 11 is 0. The van der Waals surface area contributed by atoms with E-state index < -0.39 is 0 Å². The van der Waals surface area contributed by atoms with Gasteiger partial charge in [-0.3, -0.25) is 0 Å². The van der Waals surface area contributed by atoms with Crippen molar-refractivity contribution in [2.45, 2.75) is 70.1 Å². The third-order valence-corrected chi connectivity index (χ3v) is 13.6. The molecule has 11 rings (SSSR count). The fourth-order valence-electron chi connectivity index (χ4n) is 10.8. The van der Waals surface area contributed by atoms with E-state index in [0.717, 1.165) is 6.42 Å². The quantitative estimate of drug-likeness (QED) is 0.173. The Morgan fingerprint density at radius 2 is 1.15 bits per heavy atom. The van der Waals surface area contributed by atoms with Crippen molar-refractivity contribution in [2.24, 2.45) is 0 Å². The minimum atomic E-state index is -0.146. The number of nitrogens with zero attached hydrogens (tertiary/aromatic N) is 1. The fraction of sp³-hybridized carbons (Fsp3) is 0.216. The minimum Gasteiger partial charge on any atom is -0.309 e. The summed E-state index contributed by atoms with van der Waals surface area (Å²) in [5.41, 5.74) is 21.9. The number of benzene rings is 6. The van der Waals surface area contributed by atoms with Gasteiger partial charge in [0.2, 0.25) is 0 Å². The summed E-state index contributed by atoms with van der Waals surface area (Å²) in [5, 5.41) is 2.66. The Morgan fingerprint density at radius 3 is 2.00 bits per heavy atom. The van der Waals surface area contributed by atoms with Crippen LogP contribution in [-0.4, -0.2) is 4.57 Å². The number of fused-ring (bicyclic) bond motifs is 11. The third-order valence-electron chi connectivity index (χ3n) is 13.6. The molecule has 1 nitrogen and oxygen atoms in total. The molecule has 7 aromatic rings. The van der Waals surface area contributed by atoms with Crippen LogP contribution in [0.3, 0.4) is 0 Å². The van der Waals surface area contributed by atoms with Gasteiger partial charge in [-0.05, 0) is 110 Å². The molecular weight excluding hydrogens is 627 g/mol. The van der Waals surface area contributed by atoms with Crippen LogP contribution >= 0.6 is 0 Å². The van der Waals surface area contributed by atoms with E-state index in [0.29, 0.717) is 5.92 Å². The van der Waals surface area contributed by atoms with E-state index in [-0.39, 0.29) is 16.2 Å². The first-order valence-corrected chi connectivity index (χ1v) is 19.0. The van der Waals surface area contributed by atoms with Gasteiger partial charge in [-0.25, -0.2) is 0 Å². The van der Waals surface area contributed by atoms with Crippen molar-refractivity contribution < 1.29 is 0 Å². The van der Waals surface area contributed by atoms with Crippen LogP contribution < -0.4 is 0 Å². The zero-order valence-corrected chi connectivity index (χ0v) is 30.9. The van der Waals surface area contributed by atoms with E-state index in [4.69, 9.17) is 0 Å². The summed E-state index contributed by atoms with van der Waals surface area (Å²) in [5.74, 6) is 0.468. The Bertz CT molecular complexity index is 2790. The number of allylic oxidation sites excluding steroid dienone is 4. The predicted octanol–water partition coefficient (Wildman–Crippen LogP) is 13.2. The van der Waals surface area contributed by atoms with Crippen LogP contribution in [-0.2, 0) is 16.2 Å². The molecule has 1 unspecified atom stereocenters. The Morgan fingerprint density at radius 1 is 0.519 bits per heavy atom. The molecule has 0 saturated carbocycles. The van der Waals surface area contributed by atoms with Crippen LogP contribution in [0, 0.1) is 0 Å². The average molecular weight is 670 g/mol. The largest absolute Gasteiger partial charge is 0.309 e. The van der Waals surface area contributed by atoms with Crippen molar-refractivity contribution in [1.29, 1.82) is 0 Å². The van der Waals surface area contributed by atoms with Crippen molar-refractivity contribution in [2.75, 3.05) is 0 Å². The summed E-state index contributed by atoms with van der Waals surface area (Å²) in [6.07, 6.45) is 6.10. The van der Waals surface area contributed by atoms with E-state index >= 15 is 0 Å². The maximum Gasteiger partial charge on any atom is 0.0582 e. The molecule has 1 atom stereocenters. The maximum atomic E-state index is 2.55. The lowest BCUT2D eigenvalue weighted by atomic mass is 9.73. The molecule has 6 aromatic carbocycles. The first-order valence-electron chi connectivity index (χ1n) is 19.0. The van der Waals surface area contributed by atoms with Crippen molar-refractivity contribution >= 4 is 27.4 Å². The highest BCUT2D eigenvalue weighted by Crippen LogP contribution is 2.55. The smallest absolute Gasteiger partial charge is 0.0582 e. The van der Waals surface area contributed by atoms with Gasteiger partial charge in [0.25, 0.3) is 0 Å². The summed E-state index contributed by atoms with van der Waals surface area (Å²) in [6, 6.07) is 46.5. The van der Waals surface area contributed by atoms with Gasteiger partial charge in [-0.15, -0.1) is 0 Å². The Hall–Kier alpha value is -5.40. The first kappa shape index (κ1) is 30.2. The second-order valence-electron chi connectivity index (χ2n) is 17.3. The van der Waals surface area contributed by atoms with E-state index in [1.165, 1.54) is 94.3 Å². The Kier molecular flexibility index (Phi) is 5.77. The molecule has 0 N–H and O–H groups in total.